The monoisotopic (exact) mass is 198 g/mol. The van der Waals surface area contributed by atoms with E-state index in [4.69, 9.17) is 5.26 Å². The second kappa shape index (κ2) is 4.56. The molecule has 1 aromatic rings. The van der Waals surface area contributed by atoms with Gasteiger partial charge in [-0.1, -0.05) is 18.2 Å². The number of nitriles is 1. The van der Waals surface area contributed by atoms with Gasteiger partial charge in [0.05, 0.1) is 11.3 Å². The van der Waals surface area contributed by atoms with E-state index in [0.29, 0.717) is 5.56 Å². The van der Waals surface area contributed by atoms with Crippen LogP contribution in [0.3, 0.4) is 0 Å². The number of pyridine rings is 1. The number of hydrogen-bond acceptors (Lipinski definition) is 2. The fraction of sp³-hybridized carbons (Fsp3) is 0.231. The average Bonchev–Trinajstić information content (AvgIpc) is 2.16. The van der Waals surface area contributed by atoms with E-state index in [9.17, 15) is 0 Å². The highest BCUT2D eigenvalue weighted by Gasteiger charge is 2.02. The normalized spacial score (nSPS) is 9.20. The van der Waals surface area contributed by atoms with E-state index in [1.807, 2.05) is 32.9 Å². The van der Waals surface area contributed by atoms with Crippen molar-refractivity contribution in [2.45, 2.75) is 20.8 Å². The van der Waals surface area contributed by atoms with Crippen LogP contribution in [0.2, 0.25) is 0 Å². The molecule has 0 unspecified atom stereocenters. The van der Waals surface area contributed by atoms with Gasteiger partial charge in [-0.25, -0.2) is 0 Å². The quantitative estimate of drug-likeness (QED) is 0.684. The Morgan fingerprint density at radius 2 is 2.20 bits per heavy atom. The first-order valence-electron chi connectivity index (χ1n) is 4.75. The first kappa shape index (κ1) is 11.2. The highest BCUT2D eigenvalue weighted by molar-refractivity contribution is 5.70. The van der Waals surface area contributed by atoms with Crippen molar-refractivity contribution in [3.63, 3.8) is 0 Å². The highest BCUT2D eigenvalue weighted by atomic mass is 14.7. The molecule has 0 spiro atoms. The summed E-state index contributed by atoms with van der Waals surface area (Å²) in [6.45, 7) is 9.87. The van der Waals surface area contributed by atoms with Crippen molar-refractivity contribution >= 4 is 5.57 Å². The molecule has 0 aliphatic heterocycles. The molecule has 0 saturated heterocycles. The molecule has 0 fully saturated rings. The van der Waals surface area contributed by atoms with Crippen LogP contribution in [0.5, 0.6) is 0 Å². The lowest BCUT2D eigenvalue weighted by Crippen LogP contribution is -1.91. The molecule has 1 rings (SSSR count). The summed E-state index contributed by atoms with van der Waals surface area (Å²) in [4.78, 5) is 4.20. The van der Waals surface area contributed by atoms with Crippen LogP contribution in [0, 0.1) is 18.3 Å². The molecule has 0 amide bonds. The van der Waals surface area contributed by atoms with Gasteiger partial charge in [0.1, 0.15) is 6.07 Å². The van der Waals surface area contributed by atoms with E-state index in [1.54, 1.807) is 6.20 Å². The van der Waals surface area contributed by atoms with Crippen molar-refractivity contribution in [2.75, 3.05) is 0 Å². The van der Waals surface area contributed by atoms with E-state index >= 15 is 0 Å². The Labute approximate surface area is 90.6 Å². The van der Waals surface area contributed by atoms with Crippen molar-refractivity contribution in [3.8, 4) is 6.07 Å². The highest BCUT2D eigenvalue weighted by Crippen LogP contribution is 2.16. The Morgan fingerprint density at radius 1 is 1.53 bits per heavy atom. The number of aromatic nitrogens is 1. The van der Waals surface area contributed by atoms with E-state index in [0.717, 1.165) is 16.8 Å². The largest absolute Gasteiger partial charge is 0.255 e. The Bertz CT molecular complexity index is 458. The predicted octanol–water partition coefficient (Wildman–Crippen LogP) is 3.24. The molecule has 15 heavy (non-hydrogen) atoms. The van der Waals surface area contributed by atoms with Crippen LogP contribution >= 0.6 is 0 Å². The minimum Gasteiger partial charge on any atom is -0.255 e. The number of hydrogen-bond donors (Lipinski definition) is 0. The SMILES string of the molecule is C=C(C=C(C)C)c1cc(C)c(C#N)cn1. The second-order valence-electron chi connectivity index (χ2n) is 3.74. The molecule has 0 atom stereocenters. The third-order valence-corrected chi connectivity index (χ3v) is 2.02. The lowest BCUT2D eigenvalue weighted by Gasteiger charge is -2.03. The van der Waals surface area contributed by atoms with Crippen molar-refractivity contribution in [1.29, 1.82) is 5.26 Å². The fourth-order valence-corrected chi connectivity index (χ4v) is 1.27. The van der Waals surface area contributed by atoms with Crippen LogP contribution in [-0.4, -0.2) is 4.98 Å². The van der Waals surface area contributed by atoms with Gasteiger partial charge in [-0.2, -0.15) is 5.26 Å². The van der Waals surface area contributed by atoms with Crippen molar-refractivity contribution in [3.05, 3.63) is 47.3 Å². The van der Waals surface area contributed by atoms with E-state index < -0.39 is 0 Å². The maximum Gasteiger partial charge on any atom is 0.101 e. The van der Waals surface area contributed by atoms with Crippen LogP contribution < -0.4 is 0 Å². The molecular formula is C13H14N2. The second-order valence-corrected chi connectivity index (χ2v) is 3.74. The maximum absolute atomic E-state index is 8.77. The Kier molecular flexibility index (Phi) is 3.41. The van der Waals surface area contributed by atoms with Gasteiger partial charge in [-0.05, 0) is 38.0 Å². The summed E-state index contributed by atoms with van der Waals surface area (Å²) in [6, 6.07) is 3.98. The molecule has 0 aliphatic rings. The van der Waals surface area contributed by atoms with E-state index in [1.165, 1.54) is 5.57 Å². The third-order valence-electron chi connectivity index (χ3n) is 2.02. The van der Waals surface area contributed by atoms with Gasteiger partial charge in [-0.15, -0.1) is 0 Å². The van der Waals surface area contributed by atoms with Crippen LogP contribution in [-0.2, 0) is 0 Å². The van der Waals surface area contributed by atoms with Gasteiger partial charge in [0.15, 0.2) is 0 Å². The standard InChI is InChI=1S/C13H14N2/c1-9(2)5-11(4)13-6-10(3)12(7-14)8-15-13/h5-6,8H,4H2,1-3H3. The van der Waals surface area contributed by atoms with Crippen LogP contribution in [0.1, 0.15) is 30.7 Å². The molecule has 2 heteroatoms. The zero-order valence-corrected chi connectivity index (χ0v) is 9.33. The number of rotatable bonds is 2. The van der Waals surface area contributed by atoms with Gasteiger partial charge >= 0.3 is 0 Å². The summed E-state index contributed by atoms with van der Waals surface area (Å²) in [5.41, 5.74) is 4.44. The lowest BCUT2D eigenvalue weighted by molar-refractivity contribution is 1.22. The molecule has 0 N–H and O–H groups in total. The Hall–Kier alpha value is -1.88. The Morgan fingerprint density at radius 3 is 2.67 bits per heavy atom. The van der Waals surface area contributed by atoms with Crippen LogP contribution in [0.25, 0.3) is 5.57 Å². The molecule has 0 radical (unpaired) electrons. The van der Waals surface area contributed by atoms with Gasteiger partial charge in [-0.3, -0.25) is 4.98 Å². The summed E-state index contributed by atoms with van der Waals surface area (Å²) >= 11 is 0. The summed E-state index contributed by atoms with van der Waals surface area (Å²) in [5, 5.41) is 8.77. The first-order valence-corrected chi connectivity index (χ1v) is 4.75. The van der Waals surface area contributed by atoms with Gasteiger partial charge in [0.2, 0.25) is 0 Å². The minimum absolute atomic E-state index is 0.615. The Balaban J connectivity index is 3.09. The number of nitrogens with zero attached hydrogens (tertiary/aromatic N) is 2. The zero-order valence-electron chi connectivity index (χ0n) is 9.33. The third kappa shape index (κ3) is 2.78. The number of allylic oxidation sites excluding steroid dienone is 3. The minimum atomic E-state index is 0.615. The van der Waals surface area contributed by atoms with Crippen molar-refractivity contribution in [2.24, 2.45) is 0 Å². The van der Waals surface area contributed by atoms with Crippen molar-refractivity contribution in [1.82, 2.24) is 4.98 Å². The molecule has 1 heterocycles. The topological polar surface area (TPSA) is 36.7 Å². The molecule has 1 aromatic heterocycles. The molecule has 0 aliphatic carbocycles. The molecule has 2 nitrogen and oxygen atoms in total. The van der Waals surface area contributed by atoms with Gasteiger partial charge in [0.25, 0.3) is 0 Å². The molecule has 0 saturated carbocycles. The molecule has 0 aromatic carbocycles. The first-order chi connectivity index (χ1) is 7.04. The summed E-state index contributed by atoms with van der Waals surface area (Å²) in [5.74, 6) is 0. The number of aryl methyl sites for hydroxylation is 1. The summed E-state index contributed by atoms with van der Waals surface area (Å²) in [7, 11) is 0. The van der Waals surface area contributed by atoms with Crippen LogP contribution in [0.15, 0.2) is 30.5 Å². The fourth-order valence-electron chi connectivity index (χ4n) is 1.27. The maximum atomic E-state index is 8.77. The predicted molar refractivity (Wildman–Crippen MR) is 62.2 cm³/mol. The smallest absolute Gasteiger partial charge is 0.101 e. The molecule has 0 bridgehead atoms. The van der Waals surface area contributed by atoms with E-state index in [2.05, 4.69) is 17.6 Å². The van der Waals surface area contributed by atoms with Crippen molar-refractivity contribution < 1.29 is 0 Å². The van der Waals surface area contributed by atoms with E-state index in [-0.39, 0.29) is 0 Å². The average molecular weight is 198 g/mol. The summed E-state index contributed by atoms with van der Waals surface area (Å²) < 4.78 is 0. The lowest BCUT2D eigenvalue weighted by atomic mass is 10.1. The van der Waals surface area contributed by atoms with Gasteiger partial charge < -0.3 is 0 Å². The molecular weight excluding hydrogens is 184 g/mol. The molecule has 76 valence electrons. The van der Waals surface area contributed by atoms with Crippen LogP contribution in [0.4, 0.5) is 0 Å². The zero-order chi connectivity index (χ0) is 11.4. The summed E-state index contributed by atoms with van der Waals surface area (Å²) in [6.07, 6.45) is 3.57. The van der Waals surface area contributed by atoms with Gasteiger partial charge in [0, 0.05) is 6.20 Å².